The van der Waals surface area contributed by atoms with Crippen LogP contribution in [0.25, 0.3) is 0 Å². The number of aldehydes is 1. The zero-order valence-corrected chi connectivity index (χ0v) is 9.36. The van der Waals surface area contributed by atoms with E-state index in [1.54, 1.807) is 0 Å². The minimum Gasteiger partial charge on any atom is -0.444 e. The summed E-state index contributed by atoms with van der Waals surface area (Å²) in [7, 11) is 0. The Morgan fingerprint density at radius 1 is 1.53 bits per heavy atom. The predicted octanol–water partition coefficient (Wildman–Crippen LogP) is 0.821. The summed E-state index contributed by atoms with van der Waals surface area (Å²) < 4.78 is 10.3. The molecule has 0 spiro atoms. The molecule has 1 rings (SSSR count). The molecule has 0 aromatic heterocycles. The highest BCUT2D eigenvalue weighted by Gasteiger charge is 2.27. The summed E-state index contributed by atoms with van der Waals surface area (Å²) in [6, 6.07) is 0. The summed E-state index contributed by atoms with van der Waals surface area (Å²) in [6.45, 7) is 6.55. The van der Waals surface area contributed by atoms with Crippen LogP contribution in [0.5, 0.6) is 0 Å². The largest absolute Gasteiger partial charge is 0.444 e. The summed E-state index contributed by atoms with van der Waals surface area (Å²) >= 11 is 0. The van der Waals surface area contributed by atoms with Crippen LogP contribution in [0.4, 0.5) is 4.79 Å². The molecular formula is C10H17NO4. The van der Waals surface area contributed by atoms with E-state index in [4.69, 9.17) is 9.47 Å². The van der Waals surface area contributed by atoms with Crippen molar-refractivity contribution >= 4 is 12.4 Å². The van der Waals surface area contributed by atoms with Gasteiger partial charge in [-0.1, -0.05) is 0 Å². The van der Waals surface area contributed by atoms with Crippen LogP contribution >= 0.6 is 0 Å². The Kier molecular flexibility index (Phi) is 3.68. The van der Waals surface area contributed by atoms with E-state index in [0.29, 0.717) is 19.4 Å². The molecule has 15 heavy (non-hydrogen) atoms. The zero-order chi connectivity index (χ0) is 11.5. The Labute approximate surface area is 89.3 Å². The van der Waals surface area contributed by atoms with Crippen LogP contribution in [-0.4, -0.2) is 48.7 Å². The molecule has 0 N–H and O–H groups in total. The van der Waals surface area contributed by atoms with Crippen molar-refractivity contribution in [3.63, 3.8) is 0 Å². The average molecular weight is 215 g/mol. The molecule has 0 aromatic rings. The number of amides is 1. The fourth-order valence-electron chi connectivity index (χ4n) is 1.25. The summed E-state index contributed by atoms with van der Waals surface area (Å²) in [5.74, 6) is 0. The Hall–Kier alpha value is -1.10. The number of nitrogens with zero attached hydrogens (tertiary/aromatic N) is 1. The zero-order valence-electron chi connectivity index (χ0n) is 9.36. The van der Waals surface area contributed by atoms with Crippen LogP contribution in [0.2, 0.25) is 0 Å². The van der Waals surface area contributed by atoms with Crippen molar-refractivity contribution in [2.24, 2.45) is 0 Å². The third kappa shape index (κ3) is 3.87. The summed E-state index contributed by atoms with van der Waals surface area (Å²) in [5.41, 5.74) is -0.508. The van der Waals surface area contributed by atoms with Gasteiger partial charge in [-0.05, 0) is 20.8 Å². The molecule has 0 bridgehead atoms. The fraction of sp³-hybridized carbons (Fsp3) is 0.800. The second kappa shape index (κ2) is 4.61. The van der Waals surface area contributed by atoms with Crippen molar-refractivity contribution < 1.29 is 19.1 Å². The van der Waals surface area contributed by atoms with Crippen molar-refractivity contribution in [2.75, 3.05) is 19.7 Å². The molecule has 1 amide bonds. The van der Waals surface area contributed by atoms with E-state index in [-0.39, 0.29) is 6.54 Å². The average Bonchev–Trinajstić information content (AvgIpc) is 2.15. The number of hydrogen-bond acceptors (Lipinski definition) is 4. The Morgan fingerprint density at radius 2 is 2.20 bits per heavy atom. The highest BCUT2D eigenvalue weighted by molar-refractivity contribution is 5.69. The van der Waals surface area contributed by atoms with Crippen LogP contribution in [0, 0.1) is 0 Å². The monoisotopic (exact) mass is 215 g/mol. The van der Waals surface area contributed by atoms with Gasteiger partial charge in [-0.3, -0.25) is 0 Å². The van der Waals surface area contributed by atoms with Gasteiger partial charge < -0.3 is 19.2 Å². The van der Waals surface area contributed by atoms with Gasteiger partial charge in [0.25, 0.3) is 0 Å². The van der Waals surface area contributed by atoms with Gasteiger partial charge >= 0.3 is 6.09 Å². The lowest BCUT2D eigenvalue weighted by Gasteiger charge is -2.32. The van der Waals surface area contributed by atoms with Crippen LogP contribution in [0.1, 0.15) is 20.8 Å². The maximum absolute atomic E-state index is 11.6. The first-order chi connectivity index (χ1) is 6.92. The van der Waals surface area contributed by atoms with Crippen molar-refractivity contribution in [1.82, 2.24) is 4.90 Å². The molecule has 1 atom stereocenters. The fourth-order valence-corrected chi connectivity index (χ4v) is 1.25. The number of carbonyl (C=O) groups excluding carboxylic acids is 2. The molecule has 0 unspecified atom stereocenters. The molecule has 1 heterocycles. The van der Waals surface area contributed by atoms with Crippen molar-refractivity contribution in [2.45, 2.75) is 32.5 Å². The van der Waals surface area contributed by atoms with E-state index in [0.717, 1.165) is 0 Å². The third-order valence-corrected chi connectivity index (χ3v) is 1.90. The molecule has 0 radical (unpaired) electrons. The Balaban J connectivity index is 2.49. The van der Waals surface area contributed by atoms with E-state index in [1.807, 2.05) is 20.8 Å². The van der Waals surface area contributed by atoms with Gasteiger partial charge in [0.15, 0.2) is 6.29 Å². The van der Waals surface area contributed by atoms with E-state index < -0.39 is 17.8 Å². The SMILES string of the molecule is CC(C)(C)OC(=O)N1CCO[C@H](C=O)C1. The minimum atomic E-state index is -0.522. The molecule has 5 heteroatoms. The summed E-state index contributed by atoms with van der Waals surface area (Å²) in [5, 5.41) is 0. The van der Waals surface area contributed by atoms with Crippen molar-refractivity contribution in [3.05, 3.63) is 0 Å². The molecule has 0 aromatic carbocycles. The van der Waals surface area contributed by atoms with Crippen LogP contribution in [0.15, 0.2) is 0 Å². The quantitative estimate of drug-likeness (QED) is 0.608. The van der Waals surface area contributed by atoms with Gasteiger partial charge in [0, 0.05) is 6.54 Å². The van der Waals surface area contributed by atoms with Crippen LogP contribution in [0.3, 0.4) is 0 Å². The van der Waals surface area contributed by atoms with Gasteiger partial charge in [0.1, 0.15) is 11.7 Å². The van der Waals surface area contributed by atoms with Crippen LogP contribution < -0.4 is 0 Å². The maximum Gasteiger partial charge on any atom is 0.410 e. The Bertz CT molecular complexity index is 246. The molecule has 0 aliphatic carbocycles. The van der Waals surface area contributed by atoms with E-state index in [2.05, 4.69) is 0 Å². The first-order valence-corrected chi connectivity index (χ1v) is 4.97. The lowest BCUT2D eigenvalue weighted by Crippen LogP contribution is -2.47. The molecule has 1 saturated heterocycles. The van der Waals surface area contributed by atoms with Gasteiger partial charge in [0.05, 0.1) is 13.2 Å². The number of ether oxygens (including phenoxy) is 2. The van der Waals surface area contributed by atoms with E-state index in [1.165, 1.54) is 4.90 Å². The van der Waals surface area contributed by atoms with Crippen molar-refractivity contribution in [1.29, 1.82) is 0 Å². The second-order valence-corrected chi connectivity index (χ2v) is 4.47. The summed E-state index contributed by atoms with van der Waals surface area (Å²) in [4.78, 5) is 23.6. The normalized spacial score (nSPS) is 22.3. The highest BCUT2D eigenvalue weighted by atomic mass is 16.6. The van der Waals surface area contributed by atoms with E-state index in [9.17, 15) is 9.59 Å². The van der Waals surface area contributed by atoms with Crippen LogP contribution in [-0.2, 0) is 14.3 Å². The number of morpholine rings is 1. The van der Waals surface area contributed by atoms with Crippen molar-refractivity contribution in [3.8, 4) is 0 Å². The molecule has 86 valence electrons. The topological polar surface area (TPSA) is 55.8 Å². The molecule has 1 fully saturated rings. The van der Waals surface area contributed by atoms with Gasteiger partial charge in [-0.2, -0.15) is 0 Å². The number of hydrogen-bond donors (Lipinski definition) is 0. The van der Waals surface area contributed by atoms with Gasteiger partial charge in [0.2, 0.25) is 0 Å². The smallest absolute Gasteiger partial charge is 0.410 e. The number of rotatable bonds is 1. The Morgan fingerprint density at radius 3 is 2.73 bits per heavy atom. The van der Waals surface area contributed by atoms with Gasteiger partial charge in [-0.15, -0.1) is 0 Å². The molecule has 0 saturated carbocycles. The molecule has 5 nitrogen and oxygen atoms in total. The number of carbonyl (C=O) groups is 2. The molecule has 1 aliphatic heterocycles. The maximum atomic E-state index is 11.6. The van der Waals surface area contributed by atoms with E-state index >= 15 is 0 Å². The third-order valence-electron chi connectivity index (χ3n) is 1.90. The summed E-state index contributed by atoms with van der Waals surface area (Å²) in [6.07, 6.45) is -0.208. The lowest BCUT2D eigenvalue weighted by atomic mass is 10.2. The predicted molar refractivity (Wildman–Crippen MR) is 53.6 cm³/mol. The second-order valence-electron chi connectivity index (χ2n) is 4.47. The van der Waals surface area contributed by atoms with Gasteiger partial charge in [-0.25, -0.2) is 4.79 Å². The molecule has 1 aliphatic rings. The molecular weight excluding hydrogens is 198 g/mol. The standard InChI is InChI=1S/C10H17NO4/c1-10(2,3)15-9(13)11-4-5-14-8(6-11)7-12/h7-8H,4-6H2,1-3H3/t8-/m0/s1. The minimum absolute atomic E-state index is 0.276. The first kappa shape index (κ1) is 12.0. The highest BCUT2D eigenvalue weighted by Crippen LogP contribution is 2.12. The first-order valence-electron chi connectivity index (χ1n) is 4.97. The lowest BCUT2D eigenvalue weighted by molar-refractivity contribution is -0.123.